The normalized spacial score (nSPS) is 15.0. The van der Waals surface area contributed by atoms with E-state index in [1.165, 1.54) is 12.8 Å². The summed E-state index contributed by atoms with van der Waals surface area (Å²) in [7, 11) is 0.656. The minimum atomic E-state index is -4.38. The first-order valence-electron chi connectivity index (χ1n) is 6.51. The van der Waals surface area contributed by atoms with Crippen molar-refractivity contribution in [2.75, 3.05) is 6.54 Å². The fourth-order valence-corrected chi connectivity index (χ4v) is 2.92. The lowest BCUT2D eigenvalue weighted by atomic mass is 10.1. The van der Waals surface area contributed by atoms with Gasteiger partial charge in [0, 0.05) is 17.2 Å². The van der Waals surface area contributed by atoms with E-state index in [1.54, 1.807) is 0 Å². The van der Waals surface area contributed by atoms with Crippen LogP contribution in [0.15, 0.2) is 17.0 Å². The summed E-state index contributed by atoms with van der Waals surface area (Å²) in [6, 6.07) is 1.40. The SMILES string of the molecule is O=C(NCCCC1CC1)c1c(F)ccc(S(=O)(=O)Cl)c1F. The molecule has 1 amide bonds. The largest absolute Gasteiger partial charge is 0.352 e. The van der Waals surface area contributed by atoms with Gasteiger partial charge >= 0.3 is 0 Å². The minimum Gasteiger partial charge on any atom is -0.352 e. The Hall–Kier alpha value is -1.21. The number of halogens is 3. The maximum absolute atomic E-state index is 14.0. The van der Waals surface area contributed by atoms with Crippen LogP contribution in [0.2, 0.25) is 0 Å². The van der Waals surface area contributed by atoms with E-state index in [2.05, 4.69) is 5.32 Å². The topological polar surface area (TPSA) is 63.2 Å². The Balaban J connectivity index is 2.11. The van der Waals surface area contributed by atoms with E-state index in [-0.39, 0.29) is 6.54 Å². The van der Waals surface area contributed by atoms with Gasteiger partial charge in [-0.1, -0.05) is 12.8 Å². The van der Waals surface area contributed by atoms with Crippen molar-refractivity contribution in [2.24, 2.45) is 5.92 Å². The molecule has 1 fully saturated rings. The molecule has 0 aromatic heterocycles. The molecular formula is C13H14ClF2NO3S. The fourth-order valence-electron chi connectivity index (χ4n) is 2.02. The third kappa shape index (κ3) is 4.14. The zero-order valence-corrected chi connectivity index (χ0v) is 12.6. The smallest absolute Gasteiger partial charge is 0.264 e. The molecule has 1 aromatic carbocycles. The van der Waals surface area contributed by atoms with Gasteiger partial charge in [0.15, 0.2) is 5.82 Å². The minimum absolute atomic E-state index is 0.284. The Morgan fingerprint density at radius 3 is 2.57 bits per heavy atom. The van der Waals surface area contributed by atoms with E-state index in [0.29, 0.717) is 24.5 Å². The van der Waals surface area contributed by atoms with Crippen LogP contribution in [0.1, 0.15) is 36.0 Å². The molecule has 1 saturated carbocycles. The molecule has 0 aliphatic heterocycles. The molecule has 0 spiro atoms. The molecule has 2 rings (SSSR count). The molecule has 0 atom stereocenters. The molecule has 1 aromatic rings. The third-order valence-corrected chi connectivity index (χ3v) is 4.66. The fraction of sp³-hybridized carbons (Fsp3) is 0.462. The Labute approximate surface area is 125 Å². The summed E-state index contributed by atoms with van der Waals surface area (Å²) < 4.78 is 49.8. The van der Waals surface area contributed by atoms with Crippen molar-refractivity contribution < 1.29 is 22.0 Å². The Kier molecular flexibility index (Phi) is 4.83. The molecule has 0 saturated heterocycles. The molecule has 21 heavy (non-hydrogen) atoms. The summed E-state index contributed by atoms with van der Waals surface area (Å²) in [5.74, 6) is -2.89. The van der Waals surface area contributed by atoms with Crippen LogP contribution >= 0.6 is 10.7 Å². The number of rotatable bonds is 6. The summed E-state index contributed by atoms with van der Waals surface area (Å²) in [4.78, 5) is 10.9. The first kappa shape index (κ1) is 16.2. The lowest BCUT2D eigenvalue weighted by molar-refractivity contribution is 0.0943. The summed E-state index contributed by atoms with van der Waals surface area (Å²) in [5, 5.41) is 2.39. The predicted octanol–water partition coefficient (Wildman–Crippen LogP) is 2.81. The number of nitrogens with one attached hydrogen (secondary N) is 1. The van der Waals surface area contributed by atoms with Gasteiger partial charge in [-0.3, -0.25) is 4.79 Å². The summed E-state index contributed by atoms with van der Waals surface area (Å²) >= 11 is 0. The zero-order valence-electron chi connectivity index (χ0n) is 11.0. The van der Waals surface area contributed by atoms with E-state index >= 15 is 0 Å². The van der Waals surface area contributed by atoms with Crippen LogP contribution in [-0.2, 0) is 9.05 Å². The van der Waals surface area contributed by atoms with Crippen molar-refractivity contribution in [3.63, 3.8) is 0 Å². The number of hydrogen-bond acceptors (Lipinski definition) is 3. The monoisotopic (exact) mass is 337 g/mol. The predicted molar refractivity (Wildman–Crippen MR) is 73.7 cm³/mol. The van der Waals surface area contributed by atoms with Crippen molar-refractivity contribution in [3.8, 4) is 0 Å². The van der Waals surface area contributed by atoms with Gasteiger partial charge in [-0.25, -0.2) is 17.2 Å². The van der Waals surface area contributed by atoms with Crippen molar-refractivity contribution in [3.05, 3.63) is 29.3 Å². The van der Waals surface area contributed by atoms with Crippen molar-refractivity contribution in [1.82, 2.24) is 5.32 Å². The molecule has 0 bridgehead atoms. The highest BCUT2D eigenvalue weighted by atomic mass is 35.7. The maximum atomic E-state index is 14.0. The number of benzene rings is 1. The molecule has 0 unspecified atom stereocenters. The van der Waals surface area contributed by atoms with Gasteiger partial charge in [-0.05, 0) is 30.9 Å². The number of amides is 1. The number of carbonyl (C=O) groups is 1. The average Bonchev–Trinajstić information content (AvgIpc) is 3.17. The molecule has 1 aliphatic carbocycles. The van der Waals surface area contributed by atoms with E-state index in [0.717, 1.165) is 6.42 Å². The van der Waals surface area contributed by atoms with Crippen LogP contribution < -0.4 is 5.32 Å². The molecule has 0 heterocycles. The van der Waals surface area contributed by atoms with E-state index in [9.17, 15) is 22.0 Å². The van der Waals surface area contributed by atoms with Crippen LogP contribution in [0, 0.1) is 17.6 Å². The second-order valence-corrected chi connectivity index (χ2v) is 7.55. The lowest BCUT2D eigenvalue weighted by Gasteiger charge is -2.09. The quantitative estimate of drug-likeness (QED) is 0.641. The molecular weight excluding hydrogens is 324 g/mol. The zero-order chi connectivity index (χ0) is 15.6. The van der Waals surface area contributed by atoms with Gasteiger partial charge in [0.1, 0.15) is 16.3 Å². The van der Waals surface area contributed by atoms with Crippen molar-refractivity contribution in [1.29, 1.82) is 0 Å². The molecule has 1 aliphatic rings. The standard InChI is InChI=1S/C13H14ClF2NO3S/c14-21(19,20)10-6-5-9(15)11(12(10)16)13(18)17-7-1-2-8-3-4-8/h5-6,8H,1-4,7H2,(H,17,18). The van der Waals surface area contributed by atoms with Gasteiger partial charge < -0.3 is 5.32 Å². The summed E-state index contributed by atoms with van der Waals surface area (Å²) in [6.07, 6.45) is 4.05. The second kappa shape index (κ2) is 6.27. The van der Waals surface area contributed by atoms with Gasteiger partial charge in [-0.15, -0.1) is 0 Å². The second-order valence-electron chi connectivity index (χ2n) is 5.01. The van der Waals surface area contributed by atoms with Gasteiger partial charge in [0.05, 0.1) is 0 Å². The first-order valence-corrected chi connectivity index (χ1v) is 8.82. The molecule has 1 N–H and O–H groups in total. The first-order chi connectivity index (χ1) is 9.80. The Morgan fingerprint density at radius 1 is 1.33 bits per heavy atom. The maximum Gasteiger partial charge on any atom is 0.264 e. The van der Waals surface area contributed by atoms with Crippen LogP contribution in [0.5, 0.6) is 0 Å². The molecule has 0 radical (unpaired) electrons. The van der Waals surface area contributed by atoms with E-state index in [4.69, 9.17) is 10.7 Å². The number of hydrogen-bond donors (Lipinski definition) is 1. The Morgan fingerprint density at radius 2 is 2.00 bits per heavy atom. The molecule has 116 valence electrons. The third-order valence-electron chi connectivity index (χ3n) is 3.32. The van der Waals surface area contributed by atoms with Gasteiger partial charge in [-0.2, -0.15) is 0 Å². The van der Waals surface area contributed by atoms with E-state index < -0.39 is 37.1 Å². The highest BCUT2D eigenvalue weighted by Gasteiger charge is 2.26. The summed E-state index contributed by atoms with van der Waals surface area (Å²) in [5.41, 5.74) is -0.928. The van der Waals surface area contributed by atoms with Crippen LogP contribution in [0.4, 0.5) is 8.78 Å². The van der Waals surface area contributed by atoms with Crippen molar-refractivity contribution >= 4 is 25.6 Å². The number of carbonyl (C=O) groups excluding carboxylic acids is 1. The van der Waals surface area contributed by atoms with Crippen LogP contribution in [0.25, 0.3) is 0 Å². The van der Waals surface area contributed by atoms with Gasteiger partial charge in [0.2, 0.25) is 0 Å². The highest BCUT2D eigenvalue weighted by molar-refractivity contribution is 8.13. The molecule has 4 nitrogen and oxygen atoms in total. The summed E-state index contributed by atoms with van der Waals surface area (Å²) in [6.45, 7) is 0.284. The Bertz CT molecular complexity index is 660. The lowest BCUT2D eigenvalue weighted by Crippen LogP contribution is -2.27. The van der Waals surface area contributed by atoms with Crippen molar-refractivity contribution in [2.45, 2.75) is 30.6 Å². The van der Waals surface area contributed by atoms with Crippen LogP contribution in [-0.4, -0.2) is 20.9 Å². The highest BCUT2D eigenvalue weighted by Crippen LogP contribution is 2.33. The van der Waals surface area contributed by atoms with Crippen LogP contribution in [0.3, 0.4) is 0 Å². The van der Waals surface area contributed by atoms with Gasteiger partial charge in [0.25, 0.3) is 15.0 Å². The van der Waals surface area contributed by atoms with E-state index in [1.807, 2.05) is 0 Å². The average molecular weight is 338 g/mol. The molecule has 8 heteroatoms.